The van der Waals surface area contributed by atoms with E-state index in [4.69, 9.17) is 0 Å². The average molecular weight is 334 g/mol. The van der Waals surface area contributed by atoms with Crippen LogP contribution >= 0.6 is 0 Å². The molecular weight excluding hydrogens is 304 g/mol. The van der Waals surface area contributed by atoms with Gasteiger partial charge < -0.3 is 10.0 Å². The van der Waals surface area contributed by atoms with Crippen molar-refractivity contribution in [3.63, 3.8) is 0 Å². The van der Waals surface area contributed by atoms with Gasteiger partial charge in [-0.3, -0.25) is 10.00 Å². The molecule has 2 aliphatic rings. The van der Waals surface area contributed by atoms with Gasteiger partial charge in [0, 0.05) is 38.5 Å². The van der Waals surface area contributed by atoms with Gasteiger partial charge in [0.1, 0.15) is 5.82 Å². The van der Waals surface area contributed by atoms with Crippen molar-refractivity contribution in [2.24, 2.45) is 13.0 Å². The number of nitrogens with one attached hydrogen (secondary N) is 1. The standard InChI is InChI=1S/C18H30N4O2/c1-21(12-14-9-6-10-16(14)23)18(24)19-17-11-15(20-22(17)2)13-7-4-3-5-8-13/h11,13-14,16,23H,3-10,12H2,1-2H3,(H,19,24). The molecule has 0 aliphatic heterocycles. The van der Waals surface area contributed by atoms with Crippen molar-refractivity contribution in [3.05, 3.63) is 11.8 Å². The molecule has 2 fully saturated rings. The Balaban J connectivity index is 1.58. The third-order valence-electron chi connectivity index (χ3n) is 5.63. The van der Waals surface area contributed by atoms with Crippen LogP contribution in [0, 0.1) is 5.92 Å². The molecule has 0 spiro atoms. The highest BCUT2D eigenvalue weighted by molar-refractivity contribution is 5.88. The van der Waals surface area contributed by atoms with Crippen LogP contribution in [-0.2, 0) is 7.05 Å². The minimum Gasteiger partial charge on any atom is -0.393 e. The van der Waals surface area contributed by atoms with Crippen LogP contribution in [0.5, 0.6) is 0 Å². The van der Waals surface area contributed by atoms with Gasteiger partial charge in [-0.25, -0.2) is 4.79 Å². The number of hydrogen-bond acceptors (Lipinski definition) is 3. The molecule has 0 radical (unpaired) electrons. The van der Waals surface area contributed by atoms with Crippen LogP contribution in [0.1, 0.15) is 63.0 Å². The molecule has 0 aromatic carbocycles. The lowest BCUT2D eigenvalue weighted by Gasteiger charge is -2.23. The lowest BCUT2D eigenvalue weighted by Crippen LogP contribution is -2.37. The smallest absolute Gasteiger partial charge is 0.322 e. The van der Waals surface area contributed by atoms with E-state index >= 15 is 0 Å². The van der Waals surface area contributed by atoms with Crippen molar-refractivity contribution in [1.29, 1.82) is 0 Å². The second-order valence-electron chi connectivity index (χ2n) is 7.48. The maximum Gasteiger partial charge on any atom is 0.322 e. The van der Waals surface area contributed by atoms with Crippen LogP contribution in [0.15, 0.2) is 6.07 Å². The van der Waals surface area contributed by atoms with E-state index in [2.05, 4.69) is 10.4 Å². The molecule has 0 saturated heterocycles. The van der Waals surface area contributed by atoms with Gasteiger partial charge in [0.05, 0.1) is 11.8 Å². The molecule has 6 heteroatoms. The molecule has 3 rings (SSSR count). The van der Waals surface area contributed by atoms with E-state index in [0.29, 0.717) is 12.5 Å². The molecule has 2 amide bonds. The number of hydrogen-bond donors (Lipinski definition) is 2. The number of urea groups is 1. The van der Waals surface area contributed by atoms with Crippen molar-refractivity contribution < 1.29 is 9.90 Å². The summed E-state index contributed by atoms with van der Waals surface area (Å²) in [6, 6.07) is 1.89. The predicted octanol–water partition coefficient (Wildman–Crippen LogP) is 3.09. The molecule has 134 valence electrons. The summed E-state index contributed by atoms with van der Waals surface area (Å²) in [5.41, 5.74) is 1.10. The van der Waals surface area contributed by atoms with E-state index < -0.39 is 0 Å². The highest BCUT2D eigenvalue weighted by Crippen LogP contribution is 2.33. The number of aliphatic hydroxyl groups is 1. The zero-order chi connectivity index (χ0) is 17.1. The average Bonchev–Trinajstić information content (AvgIpc) is 3.15. The Labute approximate surface area is 144 Å². The fourth-order valence-electron chi connectivity index (χ4n) is 4.07. The fourth-order valence-corrected chi connectivity index (χ4v) is 4.07. The molecule has 2 atom stereocenters. The summed E-state index contributed by atoms with van der Waals surface area (Å²) in [5, 5.41) is 17.5. The number of aromatic nitrogens is 2. The minimum absolute atomic E-state index is 0.132. The lowest BCUT2D eigenvalue weighted by molar-refractivity contribution is 0.116. The number of carbonyl (C=O) groups is 1. The highest BCUT2D eigenvalue weighted by atomic mass is 16.3. The van der Waals surface area contributed by atoms with Crippen molar-refractivity contribution in [3.8, 4) is 0 Å². The van der Waals surface area contributed by atoms with Gasteiger partial charge in [-0.2, -0.15) is 5.10 Å². The van der Waals surface area contributed by atoms with Gasteiger partial charge in [0.2, 0.25) is 0 Å². The van der Waals surface area contributed by atoms with Gasteiger partial charge in [-0.15, -0.1) is 0 Å². The van der Waals surface area contributed by atoms with Crippen molar-refractivity contribution in [1.82, 2.24) is 14.7 Å². The Morgan fingerprint density at radius 3 is 2.71 bits per heavy atom. The Morgan fingerprint density at radius 2 is 2.04 bits per heavy atom. The monoisotopic (exact) mass is 334 g/mol. The van der Waals surface area contributed by atoms with Crippen LogP contribution < -0.4 is 5.32 Å². The molecule has 6 nitrogen and oxygen atoms in total. The van der Waals surface area contributed by atoms with Gasteiger partial charge in [-0.1, -0.05) is 25.7 Å². The Kier molecular flexibility index (Phi) is 5.43. The Morgan fingerprint density at radius 1 is 1.29 bits per heavy atom. The van der Waals surface area contributed by atoms with Crippen LogP contribution in [0.4, 0.5) is 10.6 Å². The number of anilines is 1. The minimum atomic E-state index is -0.269. The SMILES string of the molecule is CN(CC1CCCC1O)C(=O)Nc1cc(C2CCCCC2)nn1C. The second-order valence-corrected chi connectivity index (χ2v) is 7.48. The third-order valence-corrected chi connectivity index (χ3v) is 5.63. The largest absolute Gasteiger partial charge is 0.393 e. The van der Waals surface area contributed by atoms with E-state index in [1.165, 1.54) is 32.1 Å². The van der Waals surface area contributed by atoms with Crippen LogP contribution in [0.3, 0.4) is 0 Å². The summed E-state index contributed by atoms with van der Waals surface area (Å²) in [7, 11) is 3.67. The predicted molar refractivity (Wildman–Crippen MR) is 94.0 cm³/mol. The second kappa shape index (κ2) is 7.55. The van der Waals surface area contributed by atoms with E-state index in [0.717, 1.165) is 30.8 Å². The maximum absolute atomic E-state index is 12.4. The molecule has 2 N–H and O–H groups in total. The Bertz CT molecular complexity index is 565. The first-order valence-corrected chi connectivity index (χ1v) is 9.28. The first kappa shape index (κ1) is 17.3. The zero-order valence-electron chi connectivity index (χ0n) is 14.9. The number of aryl methyl sites for hydroxylation is 1. The molecule has 2 aliphatic carbocycles. The van der Waals surface area contributed by atoms with E-state index in [1.54, 1.807) is 16.6 Å². The van der Waals surface area contributed by atoms with Gasteiger partial charge in [0.15, 0.2) is 0 Å². The fraction of sp³-hybridized carbons (Fsp3) is 0.778. The summed E-state index contributed by atoms with van der Waals surface area (Å²) < 4.78 is 1.76. The first-order valence-electron chi connectivity index (χ1n) is 9.28. The van der Waals surface area contributed by atoms with Crippen molar-refractivity contribution in [2.45, 2.75) is 63.4 Å². The third kappa shape index (κ3) is 3.91. The van der Waals surface area contributed by atoms with Crippen molar-refractivity contribution >= 4 is 11.8 Å². The van der Waals surface area contributed by atoms with Crippen LogP contribution in [0.25, 0.3) is 0 Å². The molecule has 24 heavy (non-hydrogen) atoms. The van der Waals surface area contributed by atoms with E-state index in [-0.39, 0.29) is 18.1 Å². The van der Waals surface area contributed by atoms with E-state index in [1.807, 2.05) is 13.1 Å². The molecule has 1 aromatic heterocycles. The maximum atomic E-state index is 12.4. The summed E-state index contributed by atoms with van der Waals surface area (Å²) in [6.45, 7) is 0.598. The van der Waals surface area contributed by atoms with Gasteiger partial charge >= 0.3 is 6.03 Å². The molecule has 2 saturated carbocycles. The summed E-state index contributed by atoms with van der Waals surface area (Å²) >= 11 is 0. The highest BCUT2D eigenvalue weighted by Gasteiger charge is 2.28. The molecular formula is C18H30N4O2. The lowest BCUT2D eigenvalue weighted by atomic mass is 9.87. The molecule has 2 unspecified atom stereocenters. The van der Waals surface area contributed by atoms with Gasteiger partial charge in [0.25, 0.3) is 0 Å². The number of nitrogens with zero attached hydrogens (tertiary/aromatic N) is 3. The molecule has 0 bridgehead atoms. The summed E-state index contributed by atoms with van der Waals surface area (Å²) in [5.74, 6) is 1.48. The van der Waals surface area contributed by atoms with E-state index in [9.17, 15) is 9.90 Å². The van der Waals surface area contributed by atoms with Gasteiger partial charge in [-0.05, 0) is 25.7 Å². The molecule has 1 aromatic rings. The number of amides is 2. The van der Waals surface area contributed by atoms with Crippen LogP contribution in [0.2, 0.25) is 0 Å². The number of carbonyl (C=O) groups excluding carboxylic acids is 1. The summed E-state index contributed by atoms with van der Waals surface area (Å²) in [6.07, 6.45) is 8.90. The Hall–Kier alpha value is -1.56. The quantitative estimate of drug-likeness (QED) is 0.889. The summed E-state index contributed by atoms with van der Waals surface area (Å²) in [4.78, 5) is 14.1. The van der Waals surface area contributed by atoms with Crippen molar-refractivity contribution in [2.75, 3.05) is 18.9 Å². The van der Waals surface area contributed by atoms with Crippen LogP contribution in [-0.4, -0.2) is 45.5 Å². The molecule has 1 heterocycles. The normalized spacial score (nSPS) is 25.0. The number of aliphatic hydroxyl groups excluding tert-OH is 1. The first-order chi connectivity index (χ1) is 11.5. The zero-order valence-corrected chi connectivity index (χ0v) is 14.9. The number of rotatable bonds is 4. The topological polar surface area (TPSA) is 70.4 Å².